The molecule has 6 heteroatoms. The Labute approximate surface area is 157 Å². The average molecular weight is 362 g/mol. The Morgan fingerprint density at radius 2 is 1.81 bits per heavy atom. The maximum Gasteiger partial charge on any atom is 0.316 e. The van der Waals surface area contributed by atoms with Crippen LogP contribution in [0.25, 0.3) is 22.0 Å². The van der Waals surface area contributed by atoms with Gasteiger partial charge in [-0.3, -0.25) is 9.88 Å². The molecule has 27 heavy (non-hydrogen) atoms. The molecule has 2 aromatic carbocycles. The van der Waals surface area contributed by atoms with Crippen LogP contribution in [0.5, 0.6) is 0 Å². The molecule has 0 saturated carbocycles. The summed E-state index contributed by atoms with van der Waals surface area (Å²) in [6, 6.07) is 17.3. The molecular weight excluding hydrogens is 340 g/mol. The van der Waals surface area contributed by atoms with E-state index in [9.17, 15) is 4.79 Å². The lowest BCUT2D eigenvalue weighted by atomic mass is 10.00. The van der Waals surface area contributed by atoms with Gasteiger partial charge in [-0.15, -0.1) is 0 Å². The molecule has 0 radical (unpaired) electrons. The van der Waals surface area contributed by atoms with Gasteiger partial charge in [-0.05, 0) is 23.6 Å². The zero-order valence-corrected chi connectivity index (χ0v) is 15.0. The van der Waals surface area contributed by atoms with E-state index in [1.165, 1.54) is 0 Å². The second kappa shape index (κ2) is 7.73. The molecule has 0 unspecified atom stereocenters. The van der Waals surface area contributed by atoms with Crippen molar-refractivity contribution in [1.82, 2.24) is 9.88 Å². The third kappa shape index (κ3) is 3.92. The number of urea groups is 1. The highest BCUT2D eigenvalue weighted by atomic mass is 16.5. The zero-order chi connectivity index (χ0) is 18.6. The lowest BCUT2D eigenvalue weighted by molar-refractivity contribution is 0.0336. The van der Waals surface area contributed by atoms with Gasteiger partial charge in [-0.1, -0.05) is 36.4 Å². The highest BCUT2D eigenvalue weighted by molar-refractivity contribution is 6.06. The number of pyridine rings is 1. The van der Waals surface area contributed by atoms with Gasteiger partial charge in [0.1, 0.15) is 0 Å². The molecule has 0 spiro atoms. The maximum atomic E-state index is 11.3. The number of ether oxygens (including phenoxy) is 1. The number of morpholine rings is 1. The van der Waals surface area contributed by atoms with Crippen LogP contribution in [0.1, 0.15) is 5.69 Å². The summed E-state index contributed by atoms with van der Waals surface area (Å²) in [7, 11) is 0. The van der Waals surface area contributed by atoms with Crippen LogP contribution in [-0.4, -0.2) is 42.2 Å². The first-order chi connectivity index (χ1) is 13.2. The van der Waals surface area contributed by atoms with Crippen LogP contribution in [-0.2, 0) is 11.3 Å². The fraction of sp³-hybridized carbons (Fsp3) is 0.238. The number of primary amides is 1. The van der Waals surface area contributed by atoms with Crippen LogP contribution in [0.15, 0.2) is 54.6 Å². The van der Waals surface area contributed by atoms with Crippen LogP contribution < -0.4 is 11.1 Å². The smallest absolute Gasteiger partial charge is 0.316 e. The van der Waals surface area contributed by atoms with Crippen molar-refractivity contribution in [2.45, 2.75) is 6.54 Å². The minimum Gasteiger partial charge on any atom is -0.379 e. The first-order valence-corrected chi connectivity index (χ1v) is 9.05. The van der Waals surface area contributed by atoms with Gasteiger partial charge in [-0.2, -0.15) is 0 Å². The number of aromatic nitrogens is 1. The van der Waals surface area contributed by atoms with Gasteiger partial charge in [0.2, 0.25) is 0 Å². The van der Waals surface area contributed by atoms with Crippen molar-refractivity contribution in [2.75, 3.05) is 31.6 Å². The highest BCUT2D eigenvalue weighted by Gasteiger charge is 2.13. The maximum absolute atomic E-state index is 11.3. The predicted octanol–water partition coefficient (Wildman–Crippen LogP) is 3.22. The first-order valence-electron chi connectivity index (χ1n) is 9.05. The summed E-state index contributed by atoms with van der Waals surface area (Å²) in [6.07, 6.45) is 0. The van der Waals surface area contributed by atoms with Crippen LogP contribution in [0, 0.1) is 0 Å². The van der Waals surface area contributed by atoms with Gasteiger partial charge in [0, 0.05) is 30.6 Å². The van der Waals surface area contributed by atoms with Crippen LogP contribution in [0.4, 0.5) is 10.5 Å². The number of benzene rings is 2. The predicted molar refractivity (Wildman–Crippen MR) is 106 cm³/mol. The number of nitrogens with two attached hydrogens (primary N) is 1. The van der Waals surface area contributed by atoms with Crippen LogP contribution >= 0.6 is 0 Å². The minimum atomic E-state index is -0.571. The molecule has 0 atom stereocenters. The summed E-state index contributed by atoms with van der Waals surface area (Å²) in [6.45, 7) is 4.23. The van der Waals surface area contributed by atoms with Crippen molar-refractivity contribution in [3.63, 3.8) is 0 Å². The molecule has 3 N–H and O–H groups in total. The molecule has 3 aromatic rings. The molecule has 4 rings (SSSR count). The summed E-state index contributed by atoms with van der Waals surface area (Å²) in [5.74, 6) is 0. The molecule has 0 bridgehead atoms. The first kappa shape index (κ1) is 17.5. The summed E-state index contributed by atoms with van der Waals surface area (Å²) in [5.41, 5.74) is 8.99. The van der Waals surface area contributed by atoms with Gasteiger partial charge < -0.3 is 15.8 Å². The van der Waals surface area contributed by atoms with E-state index in [4.69, 9.17) is 15.5 Å². The molecular formula is C21H22N4O2. The summed E-state index contributed by atoms with van der Waals surface area (Å²) >= 11 is 0. The fourth-order valence-electron chi connectivity index (χ4n) is 3.47. The van der Waals surface area contributed by atoms with E-state index in [1.54, 1.807) is 0 Å². The van der Waals surface area contributed by atoms with E-state index in [-0.39, 0.29) is 0 Å². The van der Waals surface area contributed by atoms with Crippen molar-refractivity contribution in [1.29, 1.82) is 0 Å². The van der Waals surface area contributed by atoms with Gasteiger partial charge in [0.25, 0.3) is 0 Å². The third-order valence-electron chi connectivity index (χ3n) is 4.75. The van der Waals surface area contributed by atoms with Crippen molar-refractivity contribution in [2.24, 2.45) is 5.73 Å². The van der Waals surface area contributed by atoms with Crippen molar-refractivity contribution >= 4 is 22.5 Å². The number of carbonyl (C=O) groups excluding carboxylic acids is 1. The van der Waals surface area contributed by atoms with Crippen molar-refractivity contribution in [3.8, 4) is 11.3 Å². The topological polar surface area (TPSA) is 80.5 Å². The monoisotopic (exact) mass is 362 g/mol. The van der Waals surface area contributed by atoms with Gasteiger partial charge in [0.05, 0.1) is 30.3 Å². The number of hydrogen-bond acceptors (Lipinski definition) is 4. The second-order valence-corrected chi connectivity index (χ2v) is 6.60. The lowest BCUT2D eigenvalue weighted by Gasteiger charge is -2.26. The Hall–Kier alpha value is -2.96. The SMILES string of the molecule is NC(=O)Nc1ccc(-c2cccc(CN3CCOCC3)n2)c2ccccc12. The van der Waals surface area contributed by atoms with E-state index < -0.39 is 6.03 Å². The molecule has 138 valence electrons. The number of nitrogens with one attached hydrogen (secondary N) is 1. The Morgan fingerprint density at radius 3 is 2.59 bits per heavy atom. The number of rotatable bonds is 4. The highest BCUT2D eigenvalue weighted by Crippen LogP contribution is 2.32. The molecule has 0 aliphatic carbocycles. The molecule has 2 heterocycles. The Balaban J connectivity index is 1.70. The van der Waals surface area contributed by atoms with Gasteiger partial charge in [0.15, 0.2) is 0 Å². The number of amides is 2. The van der Waals surface area contributed by atoms with E-state index >= 15 is 0 Å². The number of anilines is 1. The minimum absolute atomic E-state index is 0.571. The van der Waals surface area contributed by atoms with Gasteiger partial charge >= 0.3 is 6.03 Å². The summed E-state index contributed by atoms with van der Waals surface area (Å²) in [5, 5.41) is 4.66. The molecule has 1 aromatic heterocycles. The molecule has 6 nitrogen and oxygen atoms in total. The summed E-state index contributed by atoms with van der Waals surface area (Å²) < 4.78 is 5.42. The number of nitrogens with zero attached hydrogens (tertiary/aromatic N) is 2. The largest absolute Gasteiger partial charge is 0.379 e. The van der Waals surface area contributed by atoms with Gasteiger partial charge in [-0.25, -0.2) is 4.79 Å². The van der Waals surface area contributed by atoms with E-state index in [0.29, 0.717) is 5.69 Å². The molecule has 1 aliphatic rings. The van der Waals surface area contributed by atoms with E-state index in [1.807, 2.05) is 48.5 Å². The quantitative estimate of drug-likeness (QED) is 0.747. The lowest BCUT2D eigenvalue weighted by Crippen LogP contribution is -2.35. The Morgan fingerprint density at radius 1 is 1.04 bits per heavy atom. The number of carbonyl (C=O) groups is 1. The van der Waals surface area contributed by atoms with E-state index in [2.05, 4.69) is 16.3 Å². The molecule has 1 aliphatic heterocycles. The third-order valence-corrected chi connectivity index (χ3v) is 4.75. The van der Waals surface area contributed by atoms with Crippen LogP contribution in [0.3, 0.4) is 0 Å². The average Bonchev–Trinajstić information content (AvgIpc) is 2.69. The Kier molecular flexibility index (Phi) is 5.00. The van der Waals surface area contributed by atoms with Crippen molar-refractivity contribution in [3.05, 3.63) is 60.3 Å². The Bertz CT molecular complexity index is 967. The molecule has 2 amide bonds. The number of fused-ring (bicyclic) bond motifs is 1. The standard InChI is InChI=1S/C21H22N4O2/c22-21(26)24-20-9-8-18(16-5-1-2-6-17(16)20)19-7-3-4-15(23-19)14-25-10-12-27-13-11-25/h1-9H,10-14H2,(H3,22,24,26). The molecule has 1 saturated heterocycles. The van der Waals surface area contributed by atoms with Crippen molar-refractivity contribution < 1.29 is 9.53 Å². The summed E-state index contributed by atoms with van der Waals surface area (Å²) in [4.78, 5) is 18.5. The fourth-order valence-corrected chi connectivity index (χ4v) is 3.47. The zero-order valence-electron chi connectivity index (χ0n) is 15.0. The normalized spacial score (nSPS) is 15.0. The number of hydrogen-bond donors (Lipinski definition) is 2. The second-order valence-electron chi connectivity index (χ2n) is 6.60. The van der Waals surface area contributed by atoms with Crippen LogP contribution in [0.2, 0.25) is 0 Å². The van der Waals surface area contributed by atoms with E-state index in [0.717, 1.165) is 60.6 Å². The molecule has 1 fully saturated rings.